The van der Waals surface area contributed by atoms with Gasteiger partial charge in [0, 0.05) is 33.7 Å². The number of methoxy groups -OCH3 is 2. The fourth-order valence-corrected chi connectivity index (χ4v) is 2.75. The number of nitrogens with one attached hydrogen (secondary N) is 1. The van der Waals surface area contributed by atoms with Gasteiger partial charge < -0.3 is 19.7 Å². The first kappa shape index (κ1) is 17.4. The van der Waals surface area contributed by atoms with Gasteiger partial charge in [0.15, 0.2) is 0 Å². The lowest BCUT2D eigenvalue weighted by molar-refractivity contribution is -0.133. The number of rotatable bonds is 9. The second-order valence-corrected chi connectivity index (χ2v) is 5.64. The summed E-state index contributed by atoms with van der Waals surface area (Å²) in [6.07, 6.45) is 3.01. The van der Waals surface area contributed by atoms with Crippen LogP contribution in [0.15, 0.2) is 0 Å². The number of hydrogen-bond donors (Lipinski definition) is 1. The number of nitrogens with zero attached hydrogens (tertiary/aromatic N) is 1. The zero-order chi connectivity index (χ0) is 14.8. The first-order chi connectivity index (χ1) is 9.69. The molecule has 1 fully saturated rings. The predicted octanol–water partition coefficient (Wildman–Crippen LogP) is 1.13. The Hall–Kier alpha value is -0.650. The van der Waals surface area contributed by atoms with E-state index in [4.69, 9.17) is 9.47 Å². The van der Waals surface area contributed by atoms with Crippen LogP contribution in [0.25, 0.3) is 0 Å². The molecule has 0 aliphatic carbocycles. The summed E-state index contributed by atoms with van der Waals surface area (Å²) in [7, 11) is 3.33. The Morgan fingerprint density at radius 1 is 1.20 bits per heavy atom. The number of carbonyl (C=O) groups excluding carboxylic acids is 1. The third-order valence-corrected chi connectivity index (χ3v) is 4.17. The van der Waals surface area contributed by atoms with Gasteiger partial charge in [-0.05, 0) is 37.8 Å². The average Bonchev–Trinajstić information content (AvgIpc) is 2.48. The minimum atomic E-state index is 0.227. The van der Waals surface area contributed by atoms with Gasteiger partial charge in [-0.15, -0.1) is 0 Å². The maximum Gasteiger partial charge on any atom is 0.223 e. The van der Waals surface area contributed by atoms with Crippen LogP contribution in [0.3, 0.4) is 0 Å². The molecule has 118 valence electrons. The Labute approximate surface area is 123 Å². The van der Waals surface area contributed by atoms with Crippen molar-refractivity contribution in [2.75, 3.05) is 53.6 Å². The van der Waals surface area contributed by atoms with Crippen LogP contribution in [0.5, 0.6) is 0 Å². The Balaban J connectivity index is 2.41. The van der Waals surface area contributed by atoms with E-state index in [-0.39, 0.29) is 5.91 Å². The molecule has 1 unspecified atom stereocenters. The van der Waals surface area contributed by atoms with E-state index in [2.05, 4.69) is 12.2 Å². The van der Waals surface area contributed by atoms with Gasteiger partial charge in [-0.25, -0.2) is 0 Å². The summed E-state index contributed by atoms with van der Waals surface area (Å²) in [5, 5.41) is 3.37. The molecule has 1 aliphatic rings. The normalized spacial score (nSPS) is 17.9. The van der Waals surface area contributed by atoms with Gasteiger partial charge in [-0.1, -0.05) is 6.92 Å². The number of ether oxygens (including phenoxy) is 2. The first-order valence-corrected chi connectivity index (χ1v) is 7.65. The van der Waals surface area contributed by atoms with Crippen molar-refractivity contribution < 1.29 is 14.3 Å². The largest absolute Gasteiger partial charge is 0.383 e. The van der Waals surface area contributed by atoms with Crippen LogP contribution in [0.1, 0.15) is 26.2 Å². The monoisotopic (exact) mass is 286 g/mol. The molecule has 1 aliphatic heterocycles. The molecule has 5 nitrogen and oxygen atoms in total. The van der Waals surface area contributed by atoms with Crippen LogP contribution in [0, 0.1) is 11.8 Å². The summed E-state index contributed by atoms with van der Waals surface area (Å²) in [4.78, 5) is 14.3. The van der Waals surface area contributed by atoms with E-state index in [1.54, 1.807) is 14.2 Å². The minimum absolute atomic E-state index is 0.227. The van der Waals surface area contributed by atoms with Gasteiger partial charge in [0.05, 0.1) is 13.2 Å². The highest BCUT2D eigenvalue weighted by Crippen LogP contribution is 2.24. The van der Waals surface area contributed by atoms with Crippen molar-refractivity contribution >= 4 is 5.91 Å². The predicted molar refractivity (Wildman–Crippen MR) is 79.7 cm³/mol. The maximum atomic E-state index is 12.4. The van der Waals surface area contributed by atoms with Gasteiger partial charge in [0.2, 0.25) is 5.91 Å². The quantitative estimate of drug-likeness (QED) is 0.690. The molecule has 0 bridgehead atoms. The summed E-state index contributed by atoms with van der Waals surface area (Å²) in [5.74, 6) is 1.36. The van der Waals surface area contributed by atoms with Crippen LogP contribution >= 0.6 is 0 Å². The lowest BCUT2D eigenvalue weighted by atomic mass is 9.84. The van der Waals surface area contributed by atoms with Crippen LogP contribution in [-0.2, 0) is 14.3 Å². The minimum Gasteiger partial charge on any atom is -0.383 e. The van der Waals surface area contributed by atoms with Gasteiger partial charge in [0.25, 0.3) is 0 Å². The molecule has 0 radical (unpaired) electrons. The van der Waals surface area contributed by atoms with E-state index >= 15 is 0 Å². The summed E-state index contributed by atoms with van der Waals surface area (Å²) in [6, 6.07) is 0. The van der Waals surface area contributed by atoms with Crippen LogP contribution in [-0.4, -0.2) is 64.4 Å². The molecule has 1 N–H and O–H groups in total. The molecule has 1 heterocycles. The summed E-state index contributed by atoms with van der Waals surface area (Å²) in [6.45, 7) is 6.84. The first-order valence-electron chi connectivity index (χ1n) is 7.65. The fraction of sp³-hybridized carbons (Fsp3) is 0.933. The SMILES string of the molecule is COCCN(CCOC)C(=O)CC(C)C1CCNCC1. The zero-order valence-electron chi connectivity index (χ0n) is 13.2. The molecule has 1 amide bonds. The lowest BCUT2D eigenvalue weighted by Gasteiger charge is -2.30. The molecule has 5 heteroatoms. The van der Waals surface area contributed by atoms with Crippen LogP contribution < -0.4 is 5.32 Å². The van der Waals surface area contributed by atoms with E-state index in [0.29, 0.717) is 44.6 Å². The topological polar surface area (TPSA) is 50.8 Å². The van der Waals surface area contributed by atoms with Crippen molar-refractivity contribution in [1.29, 1.82) is 0 Å². The summed E-state index contributed by atoms with van der Waals surface area (Å²) >= 11 is 0. The smallest absolute Gasteiger partial charge is 0.223 e. The van der Waals surface area contributed by atoms with Crippen molar-refractivity contribution in [3.05, 3.63) is 0 Å². The van der Waals surface area contributed by atoms with Gasteiger partial charge in [-0.3, -0.25) is 4.79 Å². The summed E-state index contributed by atoms with van der Waals surface area (Å²) < 4.78 is 10.2. The highest BCUT2D eigenvalue weighted by Gasteiger charge is 2.24. The molecule has 0 aromatic carbocycles. The van der Waals surface area contributed by atoms with E-state index < -0.39 is 0 Å². The Morgan fingerprint density at radius 3 is 2.25 bits per heavy atom. The fourth-order valence-electron chi connectivity index (χ4n) is 2.75. The molecule has 0 spiro atoms. The van der Waals surface area contributed by atoms with Crippen molar-refractivity contribution in [2.24, 2.45) is 11.8 Å². The second-order valence-electron chi connectivity index (χ2n) is 5.64. The highest BCUT2D eigenvalue weighted by atomic mass is 16.5. The zero-order valence-corrected chi connectivity index (χ0v) is 13.2. The third-order valence-electron chi connectivity index (χ3n) is 4.17. The average molecular weight is 286 g/mol. The molecular weight excluding hydrogens is 256 g/mol. The van der Waals surface area contributed by atoms with E-state index in [1.807, 2.05) is 4.90 Å². The van der Waals surface area contributed by atoms with Gasteiger partial charge in [0.1, 0.15) is 0 Å². The van der Waals surface area contributed by atoms with Crippen molar-refractivity contribution in [1.82, 2.24) is 10.2 Å². The number of carbonyl (C=O) groups is 1. The van der Waals surface area contributed by atoms with Gasteiger partial charge >= 0.3 is 0 Å². The Bertz CT molecular complexity index is 260. The maximum absolute atomic E-state index is 12.4. The molecule has 0 aromatic rings. The Morgan fingerprint density at radius 2 is 1.75 bits per heavy atom. The van der Waals surface area contributed by atoms with Gasteiger partial charge in [-0.2, -0.15) is 0 Å². The molecular formula is C15H30N2O3. The number of amides is 1. The summed E-state index contributed by atoms with van der Waals surface area (Å²) in [5.41, 5.74) is 0. The van der Waals surface area contributed by atoms with Crippen molar-refractivity contribution in [2.45, 2.75) is 26.2 Å². The molecule has 1 saturated heterocycles. The molecule has 0 aromatic heterocycles. The van der Waals surface area contributed by atoms with E-state index in [1.165, 1.54) is 12.8 Å². The molecule has 1 atom stereocenters. The highest BCUT2D eigenvalue weighted by molar-refractivity contribution is 5.76. The standard InChI is InChI=1S/C15H30N2O3/c1-13(14-4-6-16-7-5-14)12-15(18)17(8-10-19-2)9-11-20-3/h13-14,16H,4-12H2,1-3H3. The van der Waals surface area contributed by atoms with Crippen LogP contribution in [0.2, 0.25) is 0 Å². The third kappa shape index (κ3) is 6.20. The molecule has 20 heavy (non-hydrogen) atoms. The van der Waals surface area contributed by atoms with Crippen molar-refractivity contribution in [3.8, 4) is 0 Å². The van der Waals surface area contributed by atoms with Crippen LogP contribution in [0.4, 0.5) is 0 Å². The second kappa shape index (κ2) is 10.1. The molecule has 0 saturated carbocycles. The Kier molecular flexibility index (Phi) is 8.82. The molecule has 1 rings (SSSR count). The van der Waals surface area contributed by atoms with E-state index in [9.17, 15) is 4.79 Å². The number of piperidine rings is 1. The van der Waals surface area contributed by atoms with Crippen molar-refractivity contribution in [3.63, 3.8) is 0 Å². The van der Waals surface area contributed by atoms with E-state index in [0.717, 1.165) is 13.1 Å². The lowest BCUT2D eigenvalue weighted by Crippen LogP contribution is -2.39. The number of hydrogen-bond acceptors (Lipinski definition) is 4.